The molecule has 88 valence electrons. The number of hydrogen-bond donors (Lipinski definition) is 1. The van der Waals surface area contributed by atoms with Crippen molar-refractivity contribution in [2.75, 3.05) is 19.7 Å². The number of ether oxygens (including phenoxy) is 1. The van der Waals surface area contributed by atoms with E-state index in [9.17, 15) is 4.79 Å². The zero-order chi connectivity index (χ0) is 11.4. The van der Waals surface area contributed by atoms with Gasteiger partial charge in [-0.25, -0.2) is 4.98 Å². The van der Waals surface area contributed by atoms with Crippen LogP contribution in [0.4, 0.5) is 0 Å². The summed E-state index contributed by atoms with van der Waals surface area (Å²) in [5.74, 6) is 0.401. The van der Waals surface area contributed by atoms with Crippen molar-refractivity contribution in [3.63, 3.8) is 0 Å². The quantitative estimate of drug-likeness (QED) is 0.739. The molecule has 0 saturated carbocycles. The number of carbonyl (C=O) groups excluding carboxylic acids is 1. The minimum absolute atomic E-state index is 0.145. The molecule has 2 rings (SSSR count). The van der Waals surface area contributed by atoms with Crippen molar-refractivity contribution in [2.45, 2.75) is 25.8 Å². The minimum atomic E-state index is -0.145. The van der Waals surface area contributed by atoms with E-state index in [0.717, 1.165) is 13.1 Å². The Balaban J connectivity index is 1.88. The Labute approximate surface area is 94.8 Å². The van der Waals surface area contributed by atoms with Crippen molar-refractivity contribution >= 4 is 5.97 Å². The summed E-state index contributed by atoms with van der Waals surface area (Å²) in [5.41, 5.74) is 1.21. The van der Waals surface area contributed by atoms with Crippen LogP contribution in [0.1, 0.15) is 25.0 Å². The van der Waals surface area contributed by atoms with Crippen LogP contribution in [0.15, 0.2) is 12.5 Å². The van der Waals surface area contributed by atoms with Gasteiger partial charge < -0.3 is 14.6 Å². The third-order valence-electron chi connectivity index (χ3n) is 2.81. The smallest absolute Gasteiger partial charge is 0.307 e. The number of nitrogens with one attached hydrogen (secondary N) is 1. The summed E-state index contributed by atoms with van der Waals surface area (Å²) in [4.78, 5) is 15.4. The zero-order valence-electron chi connectivity index (χ0n) is 9.48. The van der Waals surface area contributed by atoms with Crippen molar-refractivity contribution in [2.24, 2.45) is 0 Å². The van der Waals surface area contributed by atoms with Crippen molar-refractivity contribution in [1.82, 2.24) is 14.9 Å². The van der Waals surface area contributed by atoms with Gasteiger partial charge >= 0.3 is 5.97 Å². The van der Waals surface area contributed by atoms with Crippen LogP contribution in [0.5, 0.6) is 0 Å². The molecule has 0 bridgehead atoms. The lowest BCUT2D eigenvalue weighted by atomic mass is 10.00. The lowest BCUT2D eigenvalue weighted by molar-refractivity contribution is -0.143. The van der Waals surface area contributed by atoms with E-state index in [1.54, 1.807) is 6.33 Å². The van der Waals surface area contributed by atoms with Gasteiger partial charge in [-0.3, -0.25) is 4.79 Å². The third-order valence-corrected chi connectivity index (χ3v) is 2.81. The van der Waals surface area contributed by atoms with Crippen molar-refractivity contribution in [3.05, 3.63) is 18.2 Å². The summed E-state index contributed by atoms with van der Waals surface area (Å²) >= 11 is 0. The number of carbonyl (C=O) groups is 1. The predicted octanol–water partition coefficient (Wildman–Crippen LogP) is 0.523. The van der Waals surface area contributed by atoms with E-state index in [0.29, 0.717) is 25.5 Å². The number of aryl methyl sites for hydroxylation is 1. The van der Waals surface area contributed by atoms with E-state index < -0.39 is 0 Å². The summed E-state index contributed by atoms with van der Waals surface area (Å²) in [6, 6.07) is 0. The Morgan fingerprint density at radius 3 is 3.12 bits per heavy atom. The van der Waals surface area contributed by atoms with Crippen molar-refractivity contribution in [1.29, 1.82) is 0 Å². The number of aromatic nitrogens is 2. The van der Waals surface area contributed by atoms with Gasteiger partial charge in [0.05, 0.1) is 19.4 Å². The number of hydrogen-bond acceptors (Lipinski definition) is 4. The average Bonchev–Trinajstić information content (AvgIpc) is 2.61. The first kappa shape index (κ1) is 11.1. The second-order valence-electron chi connectivity index (χ2n) is 3.92. The number of imidazole rings is 1. The molecule has 1 aliphatic rings. The highest BCUT2D eigenvalue weighted by molar-refractivity contribution is 5.69. The Morgan fingerprint density at radius 1 is 1.69 bits per heavy atom. The first-order valence-corrected chi connectivity index (χ1v) is 5.67. The van der Waals surface area contributed by atoms with Crippen LogP contribution < -0.4 is 5.32 Å². The molecule has 1 fully saturated rings. The molecule has 0 aliphatic carbocycles. The topological polar surface area (TPSA) is 56.2 Å². The predicted molar refractivity (Wildman–Crippen MR) is 59.1 cm³/mol. The molecule has 0 amide bonds. The van der Waals surface area contributed by atoms with Gasteiger partial charge in [-0.1, -0.05) is 0 Å². The van der Waals surface area contributed by atoms with Gasteiger partial charge in [0.25, 0.3) is 0 Å². The molecule has 1 saturated heterocycles. The van der Waals surface area contributed by atoms with Gasteiger partial charge in [0.15, 0.2) is 0 Å². The van der Waals surface area contributed by atoms with Gasteiger partial charge in [0, 0.05) is 37.4 Å². The van der Waals surface area contributed by atoms with Gasteiger partial charge in [-0.15, -0.1) is 0 Å². The number of esters is 1. The highest BCUT2D eigenvalue weighted by Crippen LogP contribution is 2.19. The monoisotopic (exact) mass is 223 g/mol. The fourth-order valence-electron chi connectivity index (χ4n) is 1.80. The highest BCUT2D eigenvalue weighted by atomic mass is 16.5. The van der Waals surface area contributed by atoms with E-state index in [1.807, 2.05) is 17.7 Å². The molecule has 16 heavy (non-hydrogen) atoms. The van der Waals surface area contributed by atoms with Gasteiger partial charge in [0.1, 0.15) is 0 Å². The maximum absolute atomic E-state index is 11.2. The molecule has 0 atom stereocenters. The lowest BCUT2D eigenvalue weighted by Crippen LogP contribution is -2.40. The standard InChI is InChI=1S/C11H17N3O2/c1-2-16-11(15)3-4-14-8-13-7-10(14)9-5-12-6-9/h7-9,12H,2-6H2,1H3. The maximum atomic E-state index is 11.2. The molecule has 1 aliphatic heterocycles. The molecule has 5 nitrogen and oxygen atoms in total. The van der Waals surface area contributed by atoms with Crippen LogP contribution in [0.2, 0.25) is 0 Å². The molecule has 5 heteroatoms. The van der Waals surface area contributed by atoms with Crippen LogP contribution in [0.25, 0.3) is 0 Å². The summed E-state index contributed by atoms with van der Waals surface area (Å²) < 4.78 is 6.94. The molecule has 2 heterocycles. The molecule has 0 radical (unpaired) electrons. The largest absolute Gasteiger partial charge is 0.466 e. The van der Waals surface area contributed by atoms with E-state index >= 15 is 0 Å². The SMILES string of the molecule is CCOC(=O)CCn1cncc1C1CNC1. The van der Waals surface area contributed by atoms with Crippen LogP contribution in [-0.4, -0.2) is 35.2 Å². The van der Waals surface area contributed by atoms with E-state index in [2.05, 4.69) is 10.3 Å². The molecule has 0 unspecified atom stereocenters. The molecule has 1 N–H and O–H groups in total. The normalized spacial score (nSPS) is 15.8. The zero-order valence-corrected chi connectivity index (χ0v) is 9.48. The second-order valence-corrected chi connectivity index (χ2v) is 3.92. The fraction of sp³-hybridized carbons (Fsp3) is 0.636. The van der Waals surface area contributed by atoms with Crippen molar-refractivity contribution < 1.29 is 9.53 Å². The summed E-state index contributed by atoms with van der Waals surface area (Å²) in [6.45, 7) is 4.93. The Morgan fingerprint density at radius 2 is 2.50 bits per heavy atom. The fourth-order valence-corrected chi connectivity index (χ4v) is 1.80. The van der Waals surface area contributed by atoms with Crippen molar-refractivity contribution in [3.8, 4) is 0 Å². The molecule has 1 aromatic heterocycles. The number of nitrogens with zero attached hydrogens (tertiary/aromatic N) is 2. The van der Waals surface area contributed by atoms with Crippen LogP contribution in [-0.2, 0) is 16.1 Å². The maximum Gasteiger partial charge on any atom is 0.307 e. The van der Waals surface area contributed by atoms with Crippen LogP contribution >= 0.6 is 0 Å². The van der Waals surface area contributed by atoms with E-state index in [1.165, 1.54) is 5.69 Å². The van der Waals surface area contributed by atoms with Crippen LogP contribution in [0.3, 0.4) is 0 Å². The Kier molecular flexibility index (Phi) is 3.56. The summed E-state index contributed by atoms with van der Waals surface area (Å²) in [6.07, 6.45) is 4.08. The first-order chi connectivity index (χ1) is 7.81. The molecular formula is C11H17N3O2. The minimum Gasteiger partial charge on any atom is -0.466 e. The Bertz CT molecular complexity index is 358. The third kappa shape index (κ3) is 2.41. The lowest BCUT2D eigenvalue weighted by Gasteiger charge is -2.27. The summed E-state index contributed by atoms with van der Waals surface area (Å²) in [5, 5.41) is 3.23. The van der Waals surface area contributed by atoms with Crippen LogP contribution in [0, 0.1) is 0 Å². The molecular weight excluding hydrogens is 206 g/mol. The average molecular weight is 223 g/mol. The highest BCUT2D eigenvalue weighted by Gasteiger charge is 2.22. The van der Waals surface area contributed by atoms with E-state index in [-0.39, 0.29) is 5.97 Å². The first-order valence-electron chi connectivity index (χ1n) is 5.67. The van der Waals surface area contributed by atoms with Gasteiger partial charge in [0.2, 0.25) is 0 Å². The number of rotatable bonds is 5. The molecule has 0 spiro atoms. The second kappa shape index (κ2) is 5.12. The molecule has 0 aromatic carbocycles. The van der Waals surface area contributed by atoms with E-state index in [4.69, 9.17) is 4.74 Å². The summed E-state index contributed by atoms with van der Waals surface area (Å²) in [7, 11) is 0. The van der Waals surface area contributed by atoms with Gasteiger partial charge in [-0.2, -0.15) is 0 Å². The van der Waals surface area contributed by atoms with Gasteiger partial charge in [-0.05, 0) is 6.92 Å². The molecule has 1 aromatic rings. The Hall–Kier alpha value is -1.36.